The molecule has 0 heterocycles. The molecule has 0 aliphatic rings. The zero-order valence-electron chi connectivity index (χ0n) is 24.1. The van der Waals surface area contributed by atoms with Crippen LogP contribution in [-0.2, 0) is 20.7 Å². The van der Waals surface area contributed by atoms with Crippen molar-refractivity contribution in [1.29, 1.82) is 0 Å². The van der Waals surface area contributed by atoms with Crippen LogP contribution in [0.5, 0.6) is 23.0 Å². The molecule has 0 spiro atoms. The van der Waals surface area contributed by atoms with Crippen LogP contribution in [0, 0.1) is 0 Å². The van der Waals surface area contributed by atoms with Crippen LogP contribution in [0.2, 0.25) is 0 Å². The van der Waals surface area contributed by atoms with Crippen molar-refractivity contribution in [3.8, 4) is 23.0 Å². The van der Waals surface area contributed by atoms with Gasteiger partial charge in [0.1, 0.15) is 23.0 Å². The third-order valence-electron chi connectivity index (χ3n) is 6.39. The van der Waals surface area contributed by atoms with Gasteiger partial charge in [-0.25, -0.2) is 4.79 Å². The quantitative estimate of drug-likeness (QED) is 0.125. The van der Waals surface area contributed by atoms with Crippen molar-refractivity contribution in [2.45, 2.75) is 46.5 Å². The number of aromatic hydroxyl groups is 1. The molecule has 0 aliphatic carbocycles. The zero-order chi connectivity index (χ0) is 29.8. The number of Topliss-reactive ketones (excluding diaryl/α,β-unsaturated/α-hetero) is 2. The van der Waals surface area contributed by atoms with Gasteiger partial charge in [-0.05, 0) is 61.4 Å². The second kappa shape index (κ2) is 15.6. The summed E-state index contributed by atoms with van der Waals surface area (Å²) in [5.74, 6) is 0.695. The fourth-order valence-electron chi connectivity index (χ4n) is 4.37. The van der Waals surface area contributed by atoms with Crippen LogP contribution in [0.4, 0.5) is 0 Å². The lowest BCUT2D eigenvalue weighted by Gasteiger charge is -2.15. The summed E-state index contributed by atoms with van der Waals surface area (Å²) in [6.07, 6.45) is 2.71. The van der Waals surface area contributed by atoms with Crippen molar-refractivity contribution in [1.82, 2.24) is 0 Å². The van der Waals surface area contributed by atoms with E-state index in [9.17, 15) is 19.5 Å². The minimum absolute atomic E-state index is 0.000201. The van der Waals surface area contributed by atoms with Gasteiger partial charge in [0.25, 0.3) is 0 Å². The van der Waals surface area contributed by atoms with Crippen LogP contribution in [0.1, 0.15) is 66.3 Å². The highest BCUT2D eigenvalue weighted by atomic mass is 16.6. The highest BCUT2D eigenvalue weighted by molar-refractivity contribution is 6.09. The van der Waals surface area contributed by atoms with E-state index in [0.717, 1.165) is 11.8 Å². The van der Waals surface area contributed by atoms with Crippen molar-refractivity contribution in [2.75, 3.05) is 40.1 Å². The molecular formula is C32H38O9. The summed E-state index contributed by atoms with van der Waals surface area (Å²) in [6.45, 7) is 6.44. The van der Waals surface area contributed by atoms with Crippen LogP contribution < -0.4 is 14.2 Å². The molecule has 0 aliphatic heterocycles. The van der Waals surface area contributed by atoms with Gasteiger partial charge in [0.2, 0.25) is 0 Å². The summed E-state index contributed by atoms with van der Waals surface area (Å²) in [7, 11) is 1.29. The number of hydrogen-bond acceptors (Lipinski definition) is 9. The average Bonchev–Trinajstić information content (AvgIpc) is 2.95. The number of carbonyl (C=O) groups excluding carboxylic acids is 3. The Bertz CT molecular complexity index is 1360. The fourth-order valence-corrected chi connectivity index (χ4v) is 4.37. The normalized spacial score (nSPS) is 10.8. The van der Waals surface area contributed by atoms with E-state index in [1.165, 1.54) is 21.0 Å². The number of rotatable bonds is 17. The summed E-state index contributed by atoms with van der Waals surface area (Å²) in [5, 5.41) is 12.0. The van der Waals surface area contributed by atoms with Crippen molar-refractivity contribution in [2.24, 2.45) is 0 Å². The number of fused-ring (bicyclic) bond motifs is 1. The molecule has 1 N–H and O–H groups in total. The molecule has 3 aromatic carbocycles. The Balaban J connectivity index is 1.46. The summed E-state index contributed by atoms with van der Waals surface area (Å²) in [5.41, 5.74) is 1.41. The van der Waals surface area contributed by atoms with Crippen LogP contribution in [0.15, 0.2) is 42.5 Å². The molecule has 0 radical (unpaired) electrons. The van der Waals surface area contributed by atoms with Gasteiger partial charge in [0, 0.05) is 31.6 Å². The Hall–Kier alpha value is -4.11. The number of carbonyl (C=O) groups is 3. The summed E-state index contributed by atoms with van der Waals surface area (Å²) in [6, 6.07) is 12.3. The van der Waals surface area contributed by atoms with E-state index < -0.39 is 5.97 Å². The highest BCUT2D eigenvalue weighted by Gasteiger charge is 2.16. The topological polar surface area (TPSA) is 118 Å². The first-order valence-corrected chi connectivity index (χ1v) is 13.7. The predicted octanol–water partition coefficient (Wildman–Crippen LogP) is 5.71. The van der Waals surface area contributed by atoms with Gasteiger partial charge in [0.05, 0.1) is 31.5 Å². The summed E-state index contributed by atoms with van der Waals surface area (Å²) in [4.78, 5) is 35.6. The van der Waals surface area contributed by atoms with E-state index in [1.54, 1.807) is 30.3 Å². The standard InChI is InChI=1S/C32H38O9/c1-5-8-26-28(14-12-25(21(2)33)32(26)36)39-17-6-15-38-16-7-18-40-29-13-10-23-9-11-24(41-20-30(35)37-4)19-27(23)31(29)22(3)34/h9-14,19,36H,5-8,15-18,20H2,1-4H3. The van der Waals surface area contributed by atoms with Crippen LogP contribution in [-0.4, -0.2) is 62.8 Å². The molecule has 220 valence electrons. The second-order valence-corrected chi connectivity index (χ2v) is 9.50. The minimum atomic E-state index is -0.495. The van der Waals surface area contributed by atoms with Crippen LogP contribution >= 0.6 is 0 Å². The Labute approximate surface area is 240 Å². The van der Waals surface area contributed by atoms with Crippen molar-refractivity contribution in [3.63, 3.8) is 0 Å². The third-order valence-corrected chi connectivity index (χ3v) is 6.39. The summed E-state index contributed by atoms with van der Waals surface area (Å²) >= 11 is 0. The Kier molecular flexibility index (Phi) is 12.0. The van der Waals surface area contributed by atoms with E-state index in [2.05, 4.69) is 4.74 Å². The third kappa shape index (κ3) is 8.69. The Morgan fingerprint density at radius 1 is 0.805 bits per heavy atom. The predicted molar refractivity (Wildman–Crippen MR) is 155 cm³/mol. The molecule has 41 heavy (non-hydrogen) atoms. The number of hydrogen-bond donors (Lipinski definition) is 1. The van der Waals surface area contributed by atoms with Gasteiger partial charge in [-0.2, -0.15) is 0 Å². The molecular weight excluding hydrogens is 528 g/mol. The number of esters is 1. The molecule has 0 aromatic heterocycles. The van der Waals surface area contributed by atoms with Gasteiger partial charge in [-0.3, -0.25) is 9.59 Å². The maximum Gasteiger partial charge on any atom is 0.343 e. The van der Waals surface area contributed by atoms with Crippen molar-refractivity contribution < 1.29 is 43.2 Å². The van der Waals surface area contributed by atoms with E-state index in [-0.39, 0.29) is 23.9 Å². The number of methoxy groups -OCH3 is 1. The van der Waals surface area contributed by atoms with Crippen molar-refractivity contribution >= 4 is 28.3 Å². The molecule has 0 fully saturated rings. The smallest absolute Gasteiger partial charge is 0.343 e. The van der Waals surface area contributed by atoms with Gasteiger partial charge < -0.3 is 28.8 Å². The number of phenolic OH excluding ortho intramolecular Hbond substituents is 1. The molecule has 9 heteroatoms. The minimum Gasteiger partial charge on any atom is -0.507 e. The lowest BCUT2D eigenvalue weighted by Crippen LogP contribution is -2.12. The molecule has 3 aromatic rings. The van der Waals surface area contributed by atoms with Crippen LogP contribution in [0.25, 0.3) is 10.8 Å². The molecule has 0 saturated carbocycles. The first-order chi connectivity index (χ1) is 19.8. The molecule has 0 unspecified atom stereocenters. The van der Waals surface area contributed by atoms with E-state index in [0.29, 0.717) is 85.0 Å². The van der Waals surface area contributed by atoms with Gasteiger partial charge >= 0.3 is 5.97 Å². The second-order valence-electron chi connectivity index (χ2n) is 9.50. The molecule has 0 amide bonds. The maximum atomic E-state index is 12.5. The molecule has 0 atom stereocenters. The first kappa shape index (κ1) is 31.4. The van der Waals surface area contributed by atoms with E-state index in [4.69, 9.17) is 18.9 Å². The summed E-state index contributed by atoms with van der Waals surface area (Å²) < 4.78 is 27.6. The molecule has 0 saturated heterocycles. The number of phenols is 1. The lowest BCUT2D eigenvalue weighted by atomic mass is 10.0. The van der Waals surface area contributed by atoms with Crippen LogP contribution in [0.3, 0.4) is 0 Å². The van der Waals surface area contributed by atoms with Gasteiger partial charge in [-0.15, -0.1) is 0 Å². The van der Waals surface area contributed by atoms with Gasteiger partial charge in [-0.1, -0.05) is 25.5 Å². The van der Waals surface area contributed by atoms with Gasteiger partial charge in [0.15, 0.2) is 18.2 Å². The highest BCUT2D eigenvalue weighted by Crippen LogP contribution is 2.33. The molecule has 9 nitrogen and oxygen atoms in total. The average molecular weight is 567 g/mol. The molecule has 3 rings (SSSR count). The number of benzene rings is 3. The maximum absolute atomic E-state index is 12.5. The number of ketones is 2. The first-order valence-electron chi connectivity index (χ1n) is 13.7. The largest absolute Gasteiger partial charge is 0.507 e. The molecule has 0 bridgehead atoms. The Morgan fingerprint density at radius 3 is 2.10 bits per heavy atom. The SMILES string of the molecule is CCCc1c(OCCCOCCCOc2ccc3ccc(OCC(=O)OC)cc3c2C(C)=O)ccc(C(C)=O)c1O. The number of ether oxygens (including phenoxy) is 5. The Morgan fingerprint density at radius 2 is 1.46 bits per heavy atom. The monoisotopic (exact) mass is 566 g/mol. The zero-order valence-corrected chi connectivity index (χ0v) is 24.1. The fraction of sp³-hybridized carbons (Fsp3) is 0.406. The van der Waals surface area contributed by atoms with E-state index >= 15 is 0 Å². The lowest BCUT2D eigenvalue weighted by molar-refractivity contribution is -0.142. The van der Waals surface area contributed by atoms with Crippen molar-refractivity contribution in [3.05, 3.63) is 59.2 Å². The van der Waals surface area contributed by atoms with E-state index in [1.807, 2.05) is 19.1 Å².